The van der Waals surface area contributed by atoms with Crippen LogP contribution in [0.1, 0.15) is 28.7 Å². The third-order valence-corrected chi connectivity index (χ3v) is 7.68. The molecule has 38 heavy (non-hydrogen) atoms. The number of hydrogen-bond donors (Lipinski definition) is 2. The molecule has 3 aromatic carbocycles. The van der Waals surface area contributed by atoms with Gasteiger partial charge in [0.1, 0.15) is 5.75 Å². The second kappa shape index (κ2) is 17.8. The Kier molecular flexibility index (Phi) is 14.0. The van der Waals surface area contributed by atoms with Crippen LogP contribution in [-0.4, -0.2) is 59.0 Å². The fraction of sp³-hybridized carbons (Fsp3) is 0.438. The fourth-order valence-electron chi connectivity index (χ4n) is 4.53. The molecule has 6 heteroatoms. The van der Waals surface area contributed by atoms with Gasteiger partial charge in [-0.15, -0.1) is 0 Å². The predicted octanol–water partition coefficient (Wildman–Crippen LogP) is 5.59. The number of rotatable bonds is 19. The zero-order valence-corrected chi connectivity index (χ0v) is 24.1. The van der Waals surface area contributed by atoms with Gasteiger partial charge in [0, 0.05) is 17.9 Å². The van der Waals surface area contributed by atoms with Gasteiger partial charge in [0.15, 0.2) is 11.5 Å². The lowest BCUT2D eigenvalue weighted by atomic mass is 9.96. The normalized spacial score (nSPS) is 10.9. The molecule has 0 heterocycles. The van der Waals surface area contributed by atoms with Crippen LogP contribution in [-0.2, 0) is 25.7 Å². The highest BCUT2D eigenvalue weighted by Crippen LogP contribution is 2.34. The van der Waals surface area contributed by atoms with Crippen molar-refractivity contribution < 1.29 is 14.2 Å². The van der Waals surface area contributed by atoms with Crippen molar-refractivity contribution >= 4 is 11.8 Å². The molecule has 0 aliphatic carbocycles. The predicted molar refractivity (Wildman–Crippen MR) is 161 cm³/mol. The Bertz CT molecular complexity index is 1060. The molecule has 0 spiro atoms. The van der Waals surface area contributed by atoms with Crippen molar-refractivity contribution in [2.45, 2.75) is 32.1 Å². The van der Waals surface area contributed by atoms with E-state index in [2.05, 4.69) is 59.2 Å². The molecule has 0 amide bonds. The van der Waals surface area contributed by atoms with Crippen molar-refractivity contribution in [1.82, 2.24) is 10.6 Å². The number of benzene rings is 3. The maximum atomic E-state index is 5.79. The van der Waals surface area contributed by atoms with Gasteiger partial charge in [-0.3, -0.25) is 0 Å². The lowest BCUT2D eigenvalue weighted by Gasteiger charge is -2.17. The Balaban J connectivity index is 1.35. The molecule has 0 bridgehead atoms. The monoisotopic (exact) mass is 536 g/mol. The number of ether oxygens (including phenoxy) is 3. The van der Waals surface area contributed by atoms with E-state index in [0.29, 0.717) is 0 Å². The third kappa shape index (κ3) is 10.2. The average Bonchev–Trinajstić information content (AvgIpc) is 2.97. The average molecular weight is 537 g/mol. The molecule has 0 saturated heterocycles. The summed E-state index contributed by atoms with van der Waals surface area (Å²) in [5.74, 6) is 4.88. The molecule has 0 aromatic heterocycles. The summed E-state index contributed by atoms with van der Waals surface area (Å²) >= 11 is 2.03. The fourth-order valence-corrected chi connectivity index (χ4v) is 5.37. The first kappa shape index (κ1) is 29.9. The van der Waals surface area contributed by atoms with Crippen LogP contribution in [0.5, 0.6) is 17.2 Å². The zero-order chi connectivity index (χ0) is 26.8. The summed E-state index contributed by atoms with van der Waals surface area (Å²) in [5.41, 5.74) is 5.19. The summed E-state index contributed by atoms with van der Waals surface area (Å²) in [4.78, 5) is 0. The van der Waals surface area contributed by atoms with E-state index in [9.17, 15) is 0 Å². The maximum absolute atomic E-state index is 5.79. The van der Waals surface area contributed by atoms with Crippen LogP contribution >= 0.6 is 11.8 Å². The van der Waals surface area contributed by atoms with Gasteiger partial charge in [-0.2, -0.15) is 11.8 Å². The lowest BCUT2D eigenvalue weighted by Crippen LogP contribution is -2.21. The van der Waals surface area contributed by atoms with Gasteiger partial charge in [-0.25, -0.2) is 0 Å². The first-order valence-corrected chi connectivity index (χ1v) is 14.8. The Morgan fingerprint density at radius 1 is 0.632 bits per heavy atom. The minimum atomic E-state index is 0.788. The number of hydrogen-bond acceptors (Lipinski definition) is 6. The van der Waals surface area contributed by atoms with Crippen LogP contribution < -0.4 is 24.8 Å². The summed E-state index contributed by atoms with van der Waals surface area (Å²) in [7, 11) is 5.13. The minimum Gasteiger partial charge on any atom is -0.497 e. The lowest BCUT2D eigenvalue weighted by molar-refractivity contribution is 0.351. The quantitative estimate of drug-likeness (QED) is 0.195. The van der Waals surface area contributed by atoms with Crippen molar-refractivity contribution in [2.24, 2.45) is 0 Å². The summed E-state index contributed by atoms with van der Waals surface area (Å²) in [6, 6.07) is 23.2. The number of aryl methyl sites for hydroxylation is 1. The second-order valence-electron chi connectivity index (χ2n) is 9.24. The molecule has 0 aliphatic heterocycles. The first-order chi connectivity index (χ1) is 18.7. The second-order valence-corrected chi connectivity index (χ2v) is 10.5. The highest BCUT2D eigenvalue weighted by molar-refractivity contribution is 7.99. The first-order valence-electron chi connectivity index (χ1n) is 13.6. The van der Waals surface area contributed by atoms with Crippen LogP contribution in [0, 0.1) is 0 Å². The highest BCUT2D eigenvalue weighted by atomic mass is 32.2. The van der Waals surface area contributed by atoms with Crippen molar-refractivity contribution in [3.8, 4) is 17.2 Å². The summed E-state index contributed by atoms with van der Waals surface area (Å²) < 4.78 is 16.8. The summed E-state index contributed by atoms with van der Waals surface area (Å²) in [5, 5.41) is 7.18. The van der Waals surface area contributed by atoms with Gasteiger partial charge in [0.25, 0.3) is 0 Å². The number of thioether (sulfide) groups is 1. The molecule has 206 valence electrons. The van der Waals surface area contributed by atoms with Crippen LogP contribution in [0.4, 0.5) is 0 Å². The van der Waals surface area contributed by atoms with Crippen LogP contribution in [0.2, 0.25) is 0 Å². The molecular formula is C32H44N2O3S. The molecule has 3 aromatic rings. The van der Waals surface area contributed by atoms with Gasteiger partial charge in [-0.05, 0) is 92.4 Å². The highest BCUT2D eigenvalue weighted by Gasteiger charge is 2.15. The van der Waals surface area contributed by atoms with Crippen molar-refractivity contribution in [2.75, 3.05) is 59.0 Å². The van der Waals surface area contributed by atoms with Gasteiger partial charge in [0.2, 0.25) is 0 Å². The molecular weight excluding hydrogens is 492 g/mol. The van der Waals surface area contributed by atoms with E-state index in [1.165, 1.54) is 34.4 Å². The Morgan fingerprint density at radius 2 is 1.42 bits per heavy atom. The van der Waals surface area contributed by atoms with Gasteiger partial charge in [-0.1, -0.05) is 48.5 Å². The van der Waals surface area contributed by atoms with Crippen LogP contribution in [0.3, 0.4) is 0 Å². The van der Waals surface area contributed by atoms with Crippen LogP contribution in [0.15, 0.2) is 66.7 Å². The molecule has 0 saturated carbocycles. The van der Waals surface area contributed by atoms with Crippen molar-refractivity contribution in [1.29, 1.82) is 0 Å². The van der Waals surface area contributed by atoms with E-state index in [1.807, 2.05) is 30.0 Å². The largest absolute Gasteiger partial charge is 0.497 e. The molecule has 5 nitrogen and oxygen atoms in total. The standard InChI is InChI=1S/C32H44N2O3S/c1-35-29-12-7-11-27(25-29)13-15-30-28(14-16-31(36-2)32(30)37-3)18-21-33-19-8-23-38-24-22-34-20-17-26-9-5-4-6-10-26/h4-7,9-12,14,16,25,33-34H,8,13,15,17-24H2,1-3H3. The van der Waals surface area contributed by atoms with E-state index < -0.39 is 0 Å². The third-order valence-electron chi connectivity index (χ3n) is 6.61. The summed E-state index contributed by atoms with van der Waals surface area (Å²) in [6.07, 6.45) is 5.05. The van der Waals surface area contributed by atoms with E-state index in [1.54, 1.807) is 21.3 Å². The molecule has 0 unspecified atom stereocenters. The number of methoxy groups -OCH3 is 3. The van der Waals surface area contributed by atoms with E-state index >= 15 is 0 Å². The number of nitrogens with one attached hydrogen (secondary N) is 2. The molecule has 0 atom stereocenters. The SMILES string of the molecule is COc1cccc(CCc2c(CCNCCCSCCNCCc3ccccc3)ccc(OC)c2OC)c1. The molecule has 3 rings (SSSR count). The van der Waals surface area contributed by atoms with Gasteiger partial charge in [0.05, 0.1) is 21.3 Å². The molecule has 0 radical (unpaired) electrons. The Hall–Kier alpha value is -2.67. The summed E-state index contributed by atoms with van der Waals surface area (Å²) in [6.45, 7) is 4.11. The minimum absolute atomic E-state index is 0.788. The molecule has 0 aliphatic rings. The topological polar surface area (TPSA) is 51.8 Å². The van der Waals surface area contributed by atoms with Gasteiger partial charge < -0.3 is 24.8 Å². The Morgan fingerprint density at radius 3 is 2.21 bits per heavy atom. The maximum Gasteiger partial charge on any atom is 0.164 e. The van der Waals surface area contributed by atoms with Gasteiger partial charge >= 0.3 is 0 Å². The van der Waals surface area contributed by atoms with Crippen molar-refractivity contribution in [3.63, 3.8) is 0 Å². The molecule has 2 N–H and O–H groups in total. The molecule has 0 fully saturated rings. The van der Waals surface area contributed by atoms with E-state index in [-0.39, 0.29) is 0 Å². The van der Waals surface area contributed by atoms with E-state index in [4.69, 9.17) is 14.2 Å². The smallest absolute Gasteiger partial charge is 0.164 e. The Labute approximate surface area is 233 Å². The van der Waals surface area contributed by atoms with Crippen molar-refractivity contribution in [3.05, 3.63) is 89.0 Å². The van der Waals surface area contributed by atoms with E-state index in [0.717, 1.165) is 74.9 Å². The van der Waals surface area contributed by atoms with Crippen LogP contribution in [0.25, 0.3) is 0 Å². The zero-order valence-electron chi connectivity index (χ0n) is 23.3.